The second kappa shape index (κ2) is 10.9. The molecule has 0 amide bonds. The van der Waals surface area contributed by atoms with E-state index in [1.807, 2.05) is 31.2 Å². The highest BCUT2D eigenvalue weighted by Crippen LogP contribution is 2.22. The summed E-state index contributed by atoms with van der Waals surface area (Å²) < 4.78 is 23.6. The molecule has 8 nitrogen and oxygen atoms in total. The summed E-state index contributed by atoms with van der Waals surface area (Å²) in [5.74, 6) is 0.389. The van der Waals surface area contributed by atoms with Crippen molar-refractivity contribution >= 4 is 26.6 Å². The Morgan fingerprint density at radius 3 is 1.91 bits per heavy atom. The molecule has 1 heterocycles. The Kier molecular flexibility index (Phi) is 8.25. The zero-order chi connectivity index (χ0) is 23.7. The van der Waals surface area contributed by atoms with Gasteiger partial charge in [-0.1, -0.05) is 42.5 Å². The van der Waals surface area contributed by atoms with E-state index in [0.29, 0.717) is 11.3 Å². The number of anilines is 1. The predicted molar refractivity (Wildman–Crippen MR) is 126 cm³/mol. The molecule has 0 aliphatic heterocycles. The highest BCUT2D eigenvalue weighted by Gasteiger charge is 2.04. The number of aromatic nitrogens is 1. The summed E-state index contributed by atoms with van der Waals surface area (Å²) in [5.41, 5.74) is 1.40. The summed E-state index contributed by atoms with van der Waals surface area (Å²) in [7, 11) is -3.31. The lowest BCUT2D eigenvalue weighted by molar-refractivity contribution is 0.471. The maximum absolute atomic E-state index is 10.9. The molecule has 9 heteroatoms. The van der Waals surface area contributed by atoms with Gasteiger partial charge in [0.05, 0.1) is 17.5 Å². The maximum Gasteiger partial charge on any atom is 0.248 e. The summed E-state index contributed by atoms with van der Waals surface area (Å²) in [6.07, 6.45) is 1.03. The molecule has 0 bridgehead atoms. The highest BCUT2D eigenvalue weighted by atomic mass is 32.2. The Hall–Kier alpha value is -3.98. The van der Waals surface area contributed by atoms with E-state index in [0.717, 1.165) is 17.2 Å². The van der Waals surface area contributed by atoms with Gasteiger partial charge < -0.3 is 20.3 Å². The molecule has 0 saturated heterocycles. The van der Waals surface area contributed by atoms with Crippen molar-refractivity contribution in [1.82, 2.24) is 4.98 Å². The molecule has 168 valence electrons. The lowest BCUT2D eigenvalue weighted by Crippen LogP contribution is -2.09. The number of benzene rings is 3. The van der Waals surface area contributed by atoms with Crippen LogP contribution in [0.15, 0.2) is 83.7 Å². The van der Waals surface area contributed by atoms with Crippen LogP contribution in [0.2, 0.25) is 0 Å². The van der Waals surface area contributed by atoms with Gasteiger partial charge in [0.2, 0.25) is 15.6 Å². The number of sulfonamides is 1. The summed E-state index contributed by atoms with van der Waals surface area (Å²) >= 11 is 0. The quantitative estimate of drug-likeness (QED) is 0.291. The molecule has 0 spiro atoms. The molecule has 4 aromatic rings. The second-order valence-electron chi connectivity index (χ2n) is 6.74. The fourth-order valence-electron chi connectivity index (χ4n) is 2.49. The Morgan fingerprint density at radius 1 is 0.750 bits per heavy atom. The summed E-state index contributed by atoms with van der Waals surface area (Å²) in [4.78, 5) is 13.4. The normalized spacial score (nSPS) is 10.3. The van der Waals surface area contributed by atoms with Crippen LogP contribution in [0.1, 0.15) is 5.56 Å². The number of aromatic amines is 1. The van der Waals surface area contributed by atoms with Gasteiger partial charge in [-0.25, -0.2) is 8.42 Å². The van der Waals surface area contributed by atoms with Crippen molar-refractivity contribution in [3.63, 3.8) is 0 Å². The standard InChI is InChI=1S/C9H7NO2.C7H9NO3S.C7H8O/c11-7-3-1-2-6-4-5-8(12)10-9(6)7;1-12(10,11)8-6-4-2-3-5-7(6)9;1-6-4-2-3-5-7(6)8/h1-5,11H,(H,10,12);2-5,8-9H,1H3;2-5,8H,1H3. The van der Waals surface area contributed by atoms with E-state index in [9.17, 15) is 18.3 Å². The SMILES string of the molecule is CS(=O)(=O)Nc1ccccc1O.Cc1ccccc1O.O=c1ccc2cccc(O)c2[nH]1. The van der Waals surface area contributed by atoms with Gasteiger partial charge in [0.15, 0.2) is 0 Å². The van der Waals surface area contributed by atoms with E-state index < -0.39 is 10.0 Å². The molecular formula is C23H24N2O6S. The first-order valence-electron chi connectivity index (χ1n) is 9.38. The van der Waals surface area contributed by atoms with Crippen LogP contribution in [0, 0.1) is 6.92 Å². The first kappa shape index (κ1) is 24.3. The number of rotatable bonds is 2. The minimum atomic E-state index is -3.31. The number of H-pyrrole nitrogens is 1. The number of para-hydroxylation sites is 4. The van der Waals surface area contributed by atoms with E-state index in [2.05, 4.69) is 9.71 Å². The van der Waals surface area contributed by atoms with Gasteiger partial charge in [-0.05, 0) is 42.8 Å². The number of phenols is 3. The van der Waals surface area contributed by atoms with Gasteiger partial charge >= 0.3 is 0 Å². The second-order valence-corrected chi connectivity index (χ2v) is 8.49. The molecule has 0 atom stereocenters. The van der Waals surface area contributed by atoms with Crippen molar-refractivity contribution in [1.29, 1.82) is 0 Å². The molecule has 0 fully saturated rings. The predicted octanol–water partition coefficient (Wildman–Crippen LogP) is 3.70. The topological polar surface area (TPSA) is 140 Å². The molecule has 4 rings (SSSR count). The molecule has 0 aliphatic rings. The lowest BCUT2D eigenvalue weighted by Gasteiger charge is -2.04. The Balaban J connectivity index is 0.000000174. The van der Waals surface area contributed by atoms with Gasteiger partial charge in [0, 0.05) is 11.5 Å². The smallest absolute Gasteiger partial charge is 0.248 e. The van der Waals surface area contributed by atoms with Crippen molar-refractivity contribution < 1.29 is 23.7 Å². The largest absolute Gasteiger partial charge is 0.508 e. The van der Waals surface area contributed by atoms with E-state index in [1.54, 1.807) is 30.3 Å². The van der Waals surface area contributed by atoms with Crippen molar-refractivity contribution in [2.75, 3.05) is 11.0 Å². The number of phenolic OH excluding ortho intramolecular Hbond substituents is 3. The number of hydrogen-bond acceptors (Lipinski definition) is 6. The molecule has 0 aliphatic carbocycles. The third kappa shape index (κ3) is 7.69. The Labute approximate surface area is 185 Å². The van der Waals surface area contributed by atoms with Crippen molar-refractivity contribution in [3.8, 4) is 17.2 Å². The maximum atomic E-state index is 10.9. The van der Waals surface area contributed by atoms with Crippen molar-refractivity contribution in [2.24, 2.45) is 0 Å². The number of hydrogen-bond donors (Lipinski definition) is 5. The molecule has 5 N–H and O–H groups in total. The van der Waals surface area contributed by atoms with Gasteiger partial charge in [-0.2, -0.15) is 0 Å². The first-order chi connectivity index (χ1) is 15.1. The fourth-order valence-corrected chi connectivity index (χ4v) is 3.06. The van der Waals surface area contributed by atoms with Crippen molar-refractivity contribution in [2.45, 2.75) is 6.92 Å². The van der Waals surface area contributed by atoms with Crippen LogP contribution in [-0.4, -0.2) is 35.0 Å². The summed E-state index contributed by atoms with van der Waals surface area (Å²) in [5, 5.41) is 28.2. The molecule has 3 aromatic carbocycles. The van der Waals surface area contributed by atoms with Crippen LogP contribution in [0.25, 0.3) is 10.9 Å². The Bertz CT molecular complexity index is 1330. The third-order valence-electron chi connectivity index (χ3n) is 4.05. The molecule has 1 aromatic heterocycles. The average Bonchev–Trinajstić information content (AvgIpc) is 2.73. The van der Waals surface area contributed by atoms with E-state index in [-0.39, 0.29) is 22.7 Å². The van der Waals surface area contributed by atoms with Gasteiger partial charge in [-0.15, -0.1) is 0 Å². The molecule has 0 saturated carbocycles. The van der Waals surface area contributed by atoms with Gasteiger partial charge in [0.1, 0.15) is 17.2 Å². The van der Waals surface area contributed by atoms with E-state index in [1.165, 1.54) is 24.3 Å². The monoisotopic (exact) mass is 456 g/mol. The molecule has 0 unspecified atom stereocenters. The number of aryl methyl sites for hydroxylation is 1. The zero-order valence-electron chi connectivity index (χ0n) is 17.5. The van der Waals surface area contributed by atoms with Crippen molar-refractivity contribution in [3.05, 3.63) is 94.8 Å². The summed E-state index contributed by atoms with van der Waals surface area (Å²) in [6.45, 7) is 1.87. The van der Waals surface area contributed by atoms with Crippen LogP contribution in [0.3, 0.4) is 0 Å². The van der Waals surface area contributed by atoms with Gasteiger partial charge in [-0.3, -0.25) is 9.52 Å². The van der Waals surface area contributed by atoms with Crippen LogP contribution >= 0.6 is 0 Å². The van der Waals surface area contributed by atoms with E-state index >= 15 is 0 Å². The van der Waals surface area contributed by atoms with Crippen LogP contribution in [-0.2, 0) is 10.0 Å². The summed E-state index contributed by atoms with van der Waals surface area (Å²) in [6, 6.07) is 21.6. The van der Waals surface area contributed by atoms with Crippen LogP contribution in [0.5, 0.6) is 17.2 Å². The first-order valence-corrected chi connectivity index (χ1v) is 11.3. The lowest BCUT2D eigenvalue weighted by atomic mass is 10.2. The number of fused-ring (bicyclic) bond motifs is 1. The molecule has 32 heavy (non-hydrogen) atoms. The molecular weight excluding hydrogens is 432 g/mol. The van der Waals surface area contributed by atoms with E-state index in [4.69, 9.17) is 10.2 Å². The number of pyridine rings is 1. The fraction of sp³-hybridized carbons (Fsp3) is 0.0870. The zero-order valence-corrected chi connectivity index (χ0v) is 18.3. The third-order valence-corrected chi connectivity index (χ3v) is 4.64. The van der Waals surface area contributed by atoms with Crippen LogP contribution in [0.4, 0.5) is 5.69 Å². The Morgan fingerprint density at radius 2 is 1.34 bits per heavy atom. The van der Waals surface area contributed by atoms with Gasteiger partial charge in [0.25, 0.3) is 0 Å². The highest BCUT2D eigenvalue weighted by molar-refractivity contribution is 7.92. The van der Waals surface area contributed by atoms with Crippen LogP contribution < -0.4 is 10.3 Å². The number of aromatic hydroxyl groups is 3. The minimum absolute atomic E-state index is 0.0806. The molecule has 0 radical (unpaired) electrons. The number of nitrogens with one attached hydrogen (secondary N) is 2. The minimum Gasteiger partial charge on any atom is -0.508 e. The average molecular weight is 457 g/mol.